The van der Waals surface area contributed by atoms with Crippen LogP contribution in [0.4, 0.5) is 5.69 Å². The molecule has 0 bridgehead atoms. The fraction of sp³-hybridized carbons (Fsp3) is 0.364. The Morgan fingerprint density at radius 2 is 2.27 bits per heavy atom. The van der Waals surface area contributed by atoms with Crippen LogP contribution in [-0.4, -0.2) is 11.9 Å². The number of benzene rings is 1. The summed E-state index contributed by atoms with van der Waals surface area (Å²) in [4.78, 5) is 11.1. The van der Waals surface area contributed by atoms with Gasteiger partial charge in [-0.2, -0.15) is 0 Å². The summed E-state index contributed by atoms with van der Waals surface area (Å²) in [7, 11) is 0. The van der Waals surface area contributed by atoms with E-state index in [-0.39, 0.29) is 11.9 Å². The lowest BCUT2D eigenvalue weighted by molar-refractivity contribution is -0.118. The molecule has 1 rings (SSSR count). The molecule has 0 saturated carbocycles. The zero-order valence-electron chi connectivity index (χ0n) is 8.88. The maximum Gasteiger partial charge on any atom is 0.239 e. The Bertz CT molecular complexity index is 366. The number of hydrogen-bond acceptors (Lipinski definition) is 2. The second kappa shape index (κ2) is 5.03. The Hall–Kier alpha value is -1.22. The summed E-state index contributed by atoms with van der Waals surface area (Å²) in [6.45, 7) is 3.81. The Morgan fingerprint density at radius 1 is 1.60 bits per heavy atom. The first-order valence-corrected chi connectivity index (χ1v) is 5.25. The summed E-state index contributed by atoms with van der Waals surface area (Å²) in [5, 5.41) is 3.76. The van der Waals surface area contributed by atoms with E-state index in [9.17, 15) is 4.79 Å². The highest BCUT2D eigenvalue weighted by Gasteiger charge is 2.13. The van der Waals surface area contributed by atoms with E-state index in [0.717, 1.165) is 11.3 Å². The van der Waals surface area contributed by atoms with Crippen LogP contribution in [0.2, 0.25) is 5.02 Å². The predicted molar refractivity (Wildman–Crippen MR) is 63.1 cm³/mol. The van der Waals surface area contributed by atoms with Gasteiger partial charge in [0.25, 0.3) is 0 Å². The molecule has 15 heavy (non-hydrogen) atoms. The molecule has 0 aliphatic carbocycles. The van der Waals surface area contributed by atoms with Crippen LogP contribution >= 0.6 is 11.6 Å². The minimum absolute atomic E-state index is 0.345. The average Bonchev–Trinajstić information content (AvgIpc) is 2.19. The van der Waals surface area contributed by atoms with Crippen molar-refractivity contribution >= 4 is 23.2 Å². The number of nitrogens with two attached hydrogens (primary N) is 1. The molecule has 0 saturated heterocycles. The quantitative estimate of drug-likeness (QED) is 0.828. The van der Waals surface area contributed by atoms with Crippen molar-refractivity contribution in [2.45, 2.75) is 26.3 Å². The molecule has 3 N–H and O–H groups in total. The van der Waals surface area contributed by atoms with E-state index in [4.69, 9.17) is 17.3 Å². The van der Waals surface area contributed by atoms with Gasteiger partial charge in [0, 0.05) is 10.7 Å². The van der Waals surface area contributed by atoms with Crippen LogP contribution in [0.15, 0.2) is 18.2 Å². The van der Waals surface area contributed by atoms with Crippen LogP contribution < -0.4 is 11.1 Å². The summed E-state index contributed by atoms with van der Waals surface area (Å²) in [6, 6.07) is 5.19. The van der Waals surface area contributed by atoms with E-state index in [2.05, 4.69) is 5.32 Å². The number of primary amides is 1. The number of nitrogens with one attached hydrogen (secondary N) is 1. The lowest BCUT2D eigenvalue weighted by Gasteiger charge is -2.16. The number of hydrogen-bond donors (Lipinski definition) is 2. The molecular formula is C11H15ClN2O. The van der Waals surface area contributed by atoms with E-state index in [1.807, 2.05) is 32.0 Å². The second-order valence-corrected chi connectivity index (χ2v) is 3.83. The van der Waals surface area contributed by atoms with Crippen molar-refractivity contribution in [3.8, 4) is 0 Å². The van der Waals surface area contributed by atoms with E-state index < -0.39 is 0 Å². The second-order valence-electron chi connectivity index (χ2n) is 3.42. The predicted octanol–water partition coefficient (Wildman–Crippen LogP) is 2.32. The molecule has 1 atom stereocenters. The molecule has 4 heteroatoms. The molecular weight excluding hydrogens is 212 g/mol. The lowest BCUT2D eigenvalue weighted by atomic mass is 10.1. The van der Waals surface area contributed by atoms with Crippen molar-refractivity contribution < 1.29 is 4.79 Å². The van der Waals surface area contributed by atoms with Crippen molar-refractivity contribution in [2.75, 3.05) is 5.32 Å². The zero-order chi connectivity index (χ0) is 11.4. The first-order chi connectivity index (χ1) is 7.06. The largest absolute Gasteiger partial charge is 0.373 e. The molecule has 3 nitrogen and oxygen atoms in total. The van der Waals surface area contributed by atoms with Crippen molar-refractivity contribution in [3.63, 3.8) is 0 Å². The van der Waals surface area contributed by atoms with Gasteiger partial charge in [-0.15, -0.1) is 0 Å². The summed E-state index contributed by atoms with van der Waals surface area (Å²) in [5.74, 6) is -0.350. The van der Waals surface area contributed by atoms with Crippen LogP contribution in [0.3, 0.4) is 0 Å². The van der Waals surface area contributed by atoms with Gasteiger partial charge in [-0.05, 0) is 31.0 Å². The smallest absolute Gasteiger partial charge is 0.239 e. The molecule has 0 aliphatic rings. The zero-order valence-corrected chi connectivity index (χ0v) is 9.64. The van der Waals surface area contributed by atoms with E-state index in [1.165, 1.54) is 0 Å². The van der Waals surface area contributed by atoms with E-state index >= 15 is 0 Å². The van der Waals surface area contributed by atoms with Gasteiger partial charge >= 0.3 is 0 Å². The van der Waals surface area contributed by atoms with E-state index in [0.29, 0.717) is 11.4 Å². The molecule has 0 aromatic heterocycles. The highest BCUT2D eigenvalue weighted by Crippen LogP contribution is 2.23. The molecule has 0 spiro atoms. The highest BCUT2D eigenvalue weighted by atomic mass is 35.5. The summed E-state index contributed by atoms with van der Waals surface area (Å²) >= 11 is 5.96. The third-order valence-corrected chi connectivity index (χ3v) is 2.76. The van der Waals surface area contributed by atoms with Crippen molar-refractivity contribution in [3.05, 3.63) is 28.8 Å². The van der Waals surface area contributed by atoms with Crippen molar-refractivity contribution in [1.82, 2.24) is 0 Å². The van der Waals surface area contributed by atoms with Gasteiger partial charge in [0.2, 0.25) is 5.91 Å². The SMILES string of the molecule is CCC(Nc1cccc(Cl)c1C)C(N)=O. The van der Waals surface area contributed by atoms with Crippen LogP contribution in [0, 0.1) is 6.92 Å². The first-order valence-electron chi connectivity index (χ1n) is 4.87. The molecule has 0 heterocycles. The van der Waals surface area contributed by atoms with Crippen LogP contribution in [0.25, 0.3) is 0 Å². The average molecular weight is 227 g/mol. The maximum absolute atomic E-state index is 11.1. The third-order valence-electron chi connectivity index (χ3n) is 2.35. The summed E-state index contributed by atoms with van der Waals surface area (Å²) < 4.78 is 0. The number of amides is 1. The summed E-state index contributed by atoms with van der Waals surface area (Å²) in [6.07, 6.45) is 0.654. The Balaban J connectivity index is 2.88. The topological polar surface area (TPSA) is 55.1 Å². The van der Waals surface area contributed by atoms with Gasteiger partial charge in [0.15, 0.2) is 0 Å². The van der Waals surface area contributed by atoms with Gasteiger partial charge in [-0.1, -0.05) is 24.6 Å². The minimum Gasteiger partial charge on any atom is -0.373 e. The highest BCUT2D eigenvalue weighted by molar-refractivity contribution is 6.31. The van der Waals surface area contributed by atoms with Crippen LogP contribution in [0.1, 0.15) is 18.9 Å². The van der Waals surface area contributed by atoms with Gasteiger partial charge in [0.1, 0.15) is 6.04 Å². The number of carbonyl (C=O) groups excluding carboxylic acids is 1. The monoisotopic (exact) mass is 226 g/mol. The van der Waals surface area contributed by atoms with Gasteiger partial charge in [0.05, 0.1) is 0 Å². The minimum atomic E-state index is -0.350. The molecule has 82 valence electrons. The number of carbonyl (C=O) groups is 1. The lowest BCUT2D eigenvalue weighted by Crippen LogP contribution is -2.34. The normalized spacial score (nSPS) is 12.2. The molecule has 1 amide bonds. The third kappa shape index (κ3) is 2.86. The standard InChI is InChI=1S/C11H15ClN2O/c1-3-9(11(13)15)14-10-6-4-5-8(12)7(10)2/h4-6,9,14H,3H2,1-2H3,(H2,13,15). The van der Waals surface area contributed by atoms with Gasteiger partial charge < -0.3 is 11.1 Å². The van der Waals surface area contributed by atoms with E-state index in [1.54, 1.807) is 0 Å². The Morgan fingerprint density at radius 3 is 2.80 bits per heavy atom. The number of halogens is 1. The number of anilines is 1. The molecule has 0 aliphatic heterocycles. The maximum atomic E-state index is 11.1. The van der Waals surface area contributed by atoms with Crippen LogP contribution in [-0.2, 0) is 4.79 Å². The number of rotatable bonds is 4. The van der Waals surface area contributed by atoms with Crippen molar-refractivity contribution in [2.24, 2.45) is 5.73 Å². The van der Waals surface area contributed by atoms with Gasteiger partial charge in [-0.3, -0.25) is 4.79 Å². The first kappa shape index (κ1) is 11.9. The molecule has 0 radical (unpaired) electrons. The van der Waals surface area contributed by atoms with Gasteiger partial charge in [-0.25, -0.2) is 0 Å². The Kier molecular flexibility index (Phi) is 3.97. The van der Waals surface area contributed by atoms with Crippen molar-refractivity contribution in [1.29, 1.82) is 0 Å². The fourth-order valence-corrected chi connectivity index (χ4v) is 1.50. The fourth-order valence-electron chi connectivity index (χ4n) is 1.33. The summed E-state index contributed by atoms with van der Waals surface area (Å²) in [5.41, 5.74) is 7.03. The van der Waals surface area contributed by atoms with Crippen LogP contribution in [0.5, 0.6) is 0 Å². The molecule has 1 aromatic rings. The molecule has 0 fully saturated rings. The Labute approximate surface area is 94.6 Å². The molecule has 1 unspecified atom stereocenters. The molecule has 1 aromatic carbocycles.